The van der Waals surface area contributed by atoms with E-state index in [-0.39, 0.29) is 11.6 Å². The van der Waals surface area contributed by atoms with Gasteiger partial charge in [-0.2, -0.15) is 5.10 Å². The molecule has 1 unspecified atom stereocenters. The molecule has 0 bridgehead atoms. The van der Waals surface area contributed by atoms with Crippen LogP contribution in [0.4, 0.5) is 5.69 Å². The lowest BCUT2D eigenvalue weighted by Gasteiger charge is -2.18. The summed E-state index contributed by atoms with van der Waals surface area (Å²) < 4.78 is 6.86. The van der Waals surface area contributed by atoms with Crippen LogP contribution in [0.3, 0.4) is 0 Å². The molecule has 114 valence electrons. The van der Waals surface area contributed by atoms with Gasteiger partial charge in [0.15, 0.2) is 0 Å². The molecule has 1 heterocycles. The maximum Gasteiger partial charge on any atom is 0.283 e. The van der Waals surface area contributed by atoms with Crippen LogP contribution in [-0.4, -0.2) is 55.1 Å². The summed E-state index contributed by atoms with van der Waals surface area (Å²) in [4.78, 5) is 14.2. The maximum absolute atomic E-state index is 12.1. The quantitative estimate of drug-likeness (QED) is 0.771. The van der Waals surface area contributed by atoms with E-state index in [0.29, 0.717) is 17.6 Å². The predicted octanol–water partition coefficient (Wildman–Crippen LogP) is 1.40. The Kier molecular flexibility index (Phi) is 7.18. The number of nitrogens with zero attached hydrogens (tertiary/aromatic N) is 3. The van der Waals surface area contributed by atoms with Crippen molar-refractivity contribution in [3.8, 4) is 0 Å². The fourth-order valence-electron chi connectivity index (χ4n) is 1.69. The van der Waals surface area contributed by atoms with Crippen LogP contribution < -0.4 is 10.9 Å². The molecule has 1 aromatic heterocycles. The van der Waals surface area contributed by atoms with Gasteiger partial charge in [0, 0.05) is 13.2 Å². The molecule has 20 heavy (non-hydrogen) atoms. The molecule has 6 nitrogen and oxygen atoms in total. The molecule has 0 aliphatic heterocycles. The van der Waals surface area contributed by atoms with Crippen LogP contribution >= 0.6 is 15.9 Å². The molecule has 0 aromatic carbocycles. The van der Waals surface area contributed by atoms with E-state index in [2.05, 4.69) is 38.2 Å². The molecule has 0 saturated heterocycles. The van der Waals surface area contributed by atoms with E-state index in [1.54, 1.807) is 13.3 Å². The number of anilines is 1. The Morgan fingerprint density at radius 2 is 2.25 bits per heavy atom. The van der Waals surface area contributed by atoms with Gasteiger partial charge >= 0.3 is 0 Å². The number of methoxy groups -OCH3 is 1. The molecular formula is C13H23BrN4O2. The van der Waals surface area contributed by atoms with Crippen LogP contribution in [-0.2, 0) is 11.3 Å². The number of ether oxygens (including phenoxy) is 1. The van der Waals surface area contributed by atoms with Crippen molar-refractivity contribution < 1.29 is 4.74 Å². The van der Waals surface area contributed by atoms with E-state index < -0.39 is 0 Å². The van der Waals surface area contributed by atoms with E-state index in [9.17, 15) is 4.79 Å². The summed E-state index contributed by atoms with van der Waals surface area (Å²) >= 11 is 3.34. The van der Waals surface area contributed by atoms with Crippen molar-refractivity contribution >= 4 is 21.6 Å². The lowest BCUT2D eigenvalue weighted by molar-refractivity contribution is 0.181. The average molecular weight is 347 g/mol. The van der Waals surface area contributed by atoms with Crippen molar-refractivity contribution in [2.24, 2.45) is 0 Å². The molecule has 1 atom stereocenters. The molecule has 0 spiro atoms. The summed E-state index contributed by atoms with van der Waals surface area (Å²) in [6, 6.07) is 0.268. The number of nitrogens with one attached hydrogen (secondary N) is 1. The van der Waals surface area contributed by atoms with Crippen molar-refractivity contribution in [1.29, 1.82) is 0 Å². The third-order valence-electron chi connectivity index (χ3n) is 2.90. The largest absolute Gasteiger partial charge is 0.383 e. The van der Waals surface area contributed by atoms with Crippen molar-refractivity contribution in [2.45, 2.75) is 25.9 Å². The fraction of sp³-hybridized carbons (Fsp3) is 0.692. The number of hydrogen-bond donors (Lipinski definition) is 1. The van der Waals surface area contributed by atoms with Gasteiger partial charge in [-0.15, -0.1) is 0 Å². The molecule has 0 saturated carbocycles. The zero-order valence-corrected chi connectivity index (χ0v) is 14.1. The summed E-state index contributed by atoms with van der Waals surface area (Å²) in [7, 11) is 5.69. The Balaban J connectivity index is 2.72. The van der Waals surface area contributed by atoms with E-state index >= 15 is 0 Å². The minimum Gasteiger partial charge on any atom is -0.383 e. The van der Waals surface area contributed by atoms with Gasteiger partial charge in [0.25, 0.3) is 5.56 Å². The first-order chi connectivity index (χ1) is 9.45. The topological polar surface area (TPSA) is 59.4 Å². The molecule has 0 aliphatic rings. The first-order valence-electron chi connectivity index (χ1n) is 6.61. The lowest BCUT2D eigenvalue weighted by atomic mass is 10.2. The Labute approximate surface area is 128 Å². The highest BCUT2D eigenvalue weighted by Gasteiger charge is 2.11. The maximum atomic E-state index is 12.1. The highest BCUT2D eigenvalue weighted by Crippen LogP contribution is 2.17. The minimum absolute atomic E-state index is 0.146. The van der Waals surface area contributed by atoms with Crippen LogP contribution in [0.5, 0.6) is 0 Å². The fourth-order valence-corrected chi connectivity index (χ4v) is 2.11. The number of hydrogen-bond acceptors (Lipinski definition) is 5. The van der Waals surface area contributed by atoms with Crippen LogP contribution in [0.2, 0.25) is 0 Å². The van der Waals surface area contributed by atoms with E-state index in [1.165, 1.54) is 4.68 Å². The van der Waals surface area contributed by atoms with Crippen LogP contribution in [0, 0.1) is 0 Å². The standard InChI is InChI=1S/C13H23BrN4O2/c1-10(5-6-17(2)3)16-11-9-15-18(7-8-20-4)13(19)12(11)14/h9-10,16H,5-8H2,1-4H3. The molecule has 0 amide bonds. The monoisotopic (exact) mass is 346 g/mol. The van der Waals surface area contributed by atoms with E-state index in [4.69, 9.17) is 4.74 Å². The van der Waals surface area contributed by atoms with Gasteiger partial charge in [-0.1, -0.05) is 0 Å². The number of aromatic nitrogens is 2. The van der Waals surface area contributed by atoms with Gasteiger partial charge in [0.05, 0.1) is 25.0 Å². The van der Waals surface area contributed by atoms with Gasteiger partial charge in [0.2, 0.25) is 0 Å². The molecule has 0 aliphatic carbocycles. The van der Waals surface area contributed by atoms with E-state index in [0.717, 1.165) is 18.7 Å². The molecule has 1 aromatic rings. The van der Waals surface area contributed by atoms with Crippen molar-refractivity contribution in [3.63, 3.8) is 0 Å². The summed E-state index contributed by atoms with van der Waals surface area (Å²) in [5.74, 6) is 0. The van der Waals surface area contributed by atoms with Gasteiger partial charge in [-0.3, -0.25) is 4.79 Å². The van der Waals surface area contributed by atoms with Gasteiger partial charge in [-0.05, 0) is 49.9 Å². The van der Waals surface area contributed by atoms with Gasteiger partial charge in [0.1, 0.15) is 4.47 Å². The lowest BCUT2D eigenvalue weighted by Crippen LogP contribution is -2.28. The highest BCUT2D eigenvalue weighted by atomic mass is 79.9. The molecule has 0 radical (unpaired) electrons. The molecule has 7 heteroatoms. The summed E-state index contributed by atoms with van der Waals surface area (Å²) in [6.07, 6.45) is 2.67. The molecule has 1 rings (SSSR count). The van der Waals surface area contributed by atoms with Crippen molar-refractivity contribution in [2.75, 3.05) is 39.7 Å². The van der Waals surface area contributed by atoms with E-state index in [1.807, 2.05) is 14.1 Å². The Hall–Kier alpha value is -0.920. The molecular weight excluding hydrogens is 324 g/mol. The SMILES string of the molecule is COCCn1ncc(NC(C)CCN(C)C)c(Br)c1=O. The zero-order chi connectivity index (χ0) is 15.1. The van der Waals surface area contributed by atoms with Crippen LogP contribution in [0.15, 0.2) is 15.5 Å². The third-order valence-corrected chi connectivity index (χ3v) is 3.67. The second kappa shape index (κ2) is 8.39. The molecule has 1 N–H and O–H groups in total. The van der Waals surface area contributed by atoms with Crippen LogP contribution in [0.25, 0.3) is 0 Å². The van der Waals surface area contributed by atoms with Crippen LogP contribution in [0.1, 0.15) is 13.3 Å². The normalized spacial score (nSPS) is 12.7. The first-order valence-corrected chi connectivity index (χ1v) is 7.40. The first kappa shape index (κ1) is 17.1. The van der Waals surface area contributed by atoms with Gasteiger partial charge < -0.3 is 15.0 Å². The smallest absolute Gasteiger partial charge is 0.283 e. The molecule has 0 fully saturated rings. The second-order valence-electron chi connectivity index (χ2n) is 5.03. The third kappa shape index (κ3) is 5.22. The minimum atomic E-state index is -0.146. The highest BCUT2D eigenvalue weighted by molar-refractivity contribution is 9.10. The second-order valence-corrected chi connectivity index (χ2v) is 5.82. The summed E-state index contributed by atoms with van der Waals surface area (Å²) in [5.41, 5.74) is 0.585. The Morgan fingerprint density at radius 1 is 1.55 bits per heavy atom. The van der Waals surface area contributed by atoms with Crippen molar-refractivity contribution in [3.05, 3.63) is 21.0 Å². The number of rotatable bonds is 8. The van der Waals surface area contributed by atoms with Gasteiger partial charge in [-0.25, -0.2) is 4.68 Å². The van der Waals surface area contributed by atoms with Crippen molar-refractivity contribution in [1.82, 2.24) is 14.7 Å². The average Bonchev–Trinajstić information content (AvgIpc) is 2.41. The number of halogens is 1. The zero-order valence-electron chi connectivity index (χ0n) is 12.5. The summed E-state index contributed by atoms with van der Waals surface area (Å²) in [6.45, 7) is 3.99. The summed E-state index contributed by atoms with van der Waals surface area (Å²) in [5, 5.41) is 7.46. The Morgan fingerprint density at radius 3 is 2.85 bits per heavy atom. The Bertz CT molecular complexity index is 476. The predicted molar refractivity (Wildman–Crippen MR) is 84.3 cm³/mol.